The predicted molar refractivity (Wildman–Crippen MR) is 68.9 cm³/mol. The smallest absolute Gasteiger partial charge is 0.317 e. The van der Waals surface area contributed by atoms with Gasteiger partial charge in [-0.25, -0.2) is 4.79 Å². The van der Waals surface area contributed by atoms with Crippen LogP contribution < -0.4 is 5.32 Å². The zero-order valence-corrected chi connectivity index (χ0v) is 11.2. The molecule has 1 aliphatic heterocycles. The van der Waals surface area contributed by atoms with E-state index in [-0.39, 0.29) is 12.6 Å². The van der Waals surface area contributed by atoms with Crippen LogP contribution in [0, 0.1) is 5.41 Å². The fourth-order valence-electron chi connectivity index (χ4n) is 2.82. The SMILES string of the molecule is O=C(NCC1(C(=O)O)CCCCC1)N1CCOCC1. The third-order valence-corrected chi connectivity index (χ3v) is 4.14. The number of hydrogen-bond acceptors (Lipinski definition) is 3. The summed E-state index contributed by atoms with van der Waals surface area (Å²) in [4.78, 5) is 25.1. The highest BCUT2D eigenvalue weighted by molar-refractivity contribution is 5.78. The molecule has 2 fully saturated rings. The molecule has 108 valence electrons. The van der Waals surface area contributed by atoms with Crippen LogP contribution in [-0.4, -0.2) is 54.9 Å². The van der Waals surface area contributed by atoms with Crippen molar-refractivity contribution < 1.29 is 19.4 Å². The van der Waals surface area contributed by atoms with Gasteiger partial charge in [-0.05, 0) is 12.8 Å². The number of morpholine rings is 1. The predicted octanol–water partition coefficient (Wildman–Crippen LogP) is 1.06. The third-order valence-electron chi connectivity index (χ3n) is 4.14. The van der Waals surface area contributed by atoms with E-state index >= 15 is 0 Å². The van der Waals surface area contributed by atoms with Crippen LogP contribution in [0.4, 0.5) is 4.79 Å². The molecule has 2 amide bonds. The minimum atomic E-state index is -0.783. The zero-order chi connectivity index (χ0) is 13.7. The Morgan fingerprint density at radius 1 is 1.16 bits per heavy atom. The molecule has 6 nitrogen and oxygen atoms in total. The maximum atomic E-state index is 12.0. The van der Waals surface area contributed by atoms with E-state index in [0.717, 1.165) is 19.3 Å². The molecule has 0 aromatic rings. The summed E-state index contributed by atoms with van der Waals surface area (Å²) < 4.78 is 5.19. The molecule has 6 heteroatoms. The molecule has 0 spiro atoms. The maximum Gasteiger partial charge on any atom is 0.317 e. The molecule has 0 radical (unpaired) electrons. The van der Waals surface area contributed by atoms with Gasteiger partial charge in [0.1, 0.15) is 0 Å². The Balaban J connectivity index is 1.87. The minimum Gasteiger partial charge on any atom is -0.481 e. The first-order valence-corrected chi connectivity index (χ1v) is 6.98. The largest absolute Gasteiger partial charge is 0.481 e. The topological polar surface area (TPSA) is 78.9 Å². The summed E-state index contributed by atoms with van der Waals surface area (Å²) >= 11 is 0. The van der Waals surface area contributed by atoms with E-state index in [0.29, 0.717) is 39.1 Å². The molecule has 0 aromatic heterocycles. The Hall–Kier alpha value is -1.30. The number of carboxylic acids is 1. The molecule has 1 saturated carbocycles. The second-order valence-electron chi connectivity index (χ2n) is 5.40. The van der Waals surface area contributed by atoms with Gasteiger partial charge in [0, 0.05) is 19.6 Å². The molecule has 0 atom stereocenters. The average Bonchev–Trinajstić information content (AvgIpc) is 2.46. The molecule has 0 bridgehead atoms. The number of carbonyl (C=O) groups is 2. The summed E-state index contributed by atoms with van der Waals surface area (Å²) in [6, 6.07) is -0.172. The summed E-state index contributed by atoms with van der Waals surface area (Å²) in [5.74, 6) is -0.783. The number of hydrogen-bond donors (Lipinski definition) is 2. The van der Waals surface area contributed by atoms with Gasteiger partial charge >= 0.3 is 12.0 Å². The highest BCUT2D eigenvalue weighted by Gasteiger charge is 2.40. The van der Waals surface area contributed by atoms with Gasteiger partial charge in [-0.15, -0.1) is 0 Å². The third kappa shape index (κ3) is 3.37. The molecule has 0 aromatic carbocycles. The lowest BCUT2D eigenvalue weighted by Crippen LogP contribution is -2.51. The van der Waals surface area contributed by atoms with Crippen molar-refractivity contribution in [3.63, 3.8) is 0 Å². The number of ether oxygens (including phenoxy) is 1. The Bertz CT molecular complexity index is 334. The zero-order valence-electron chi connectivity index (χ0n) is 11.2. The second kappa shape index (κ2) is 6.23. The molecule has 2 aliphatic rings. The molecular formula is C13H22N2O4. The van der Waals surface area contributed by atoms with Crippen molar-refractivity contribution in [2.45, 2.75) is 32.1 Å². The maximum absolute atomic E-state index is 12.0. The van der Waals surface area contributed by atoms with Gasteiger partial charge in [0.05, 0.1) is 18.6 Å². The van der Waals surface area contributed by atoms with Crippen LogP contribution in [-0.2, 0) is 9.53 Å². The molecule has 2 rings (SSSR count). The van der Waals surface area contributed by atoms with Crippen LogP contribution in [0.3, 0.4) is 0 Å². The van der Waals surface area contributed by atoms with Crippen molar-refractivity contribution in [1.82, 2.24) is 10.2 Å². The number of carbonyl (C=O) groups excluding carboxylic acids is 1. The first kappa shape index (κ1) is 14.1. The molecule has 2 N–H and O–H groups in total. The summed E-state index contributed by atoms with van der Waals surface area (Å²) in [5, 5.41) is 12.2. The van der Waals surface area contributed by atoms with E-state index in [1.165, 1.54) is 0 Å². The number of carboxylic acid groups (broad SMARTS) is 1. The van der Waals surface area contributed by atoms with E-state index in [4.69, 9.17) is 4.74 Å². The van der Waals surface area contributed by atoms with Crippen LogP contribution in [0.2, 0.25) is 0 Å². The van der Waals surface area contributed by atoms with Crippen molar-refractivity contribution in [3.05, 3.63) is 0 Å². The van der Waals surface area contributed by atoms with Gasteiger partial charge in [-0.1, -0.05) is 19.3 Å². The van der Waals surface area contributed by atoms with Crippen molar-refractivity contribution >= 4 is 12.0 Å². The first-order chi connectivity index (χ1) is 9.14. The number of amides is 2. The molecule has 1 aliphatic carbocycles. The van der Waals surface area contributed by atoms with Crippen LogP contribution in [0.25, 0.3) is 0 Å². The number of nitrogens with zero attached hydrogens (tertiary/aromatic N) is 1. The summed E-state index contributed by atoms with van der Waals surface area (Å²) in [6.45, 7) is 2.49. The highest BCUT2D eigenvalue weighted by Crippen LogP contribution is 2.36. The monoisotopic (exact) mass is 270 g/mol. The highest BCUT2D eigenvalue weighted by atomic mass is 16.5. The normalized spacial score (nSPS) is 22.8. The molecule has 19 heavy (non-hydrogen) atoms. The summed E-state index contributed by atoms with van der Waals surface area (Å²) in [6.07, 6.45) is 4.27. The van der Waals surface area contributed by atoms with Crippen LogP contribution in [0.15, 0.2) is 0 Å². The lowest BCUT2D eigenvalue weighted by Gasteiger charge is -2.34. The molecule has 1 heterocycles. The number of rotatable bonds is 3. The lowest BCUT2D eigenvalue weighted by molar-refractivity contribution is -0.150. The lowest BCUT2D eigenvalue weighted by atomic mass is 9.74. The quantitative estimate of drug-likeness (QED) is 0.804. The number of aliphatic carboxylic acids is 1. The van der Waals surface area contributed by atoms with E-state index in [1.807, 2.05) is 0 Å². The molecular weight excluding hydrogens is 248 g/mol. The van der Waals surface area contributed by atoms with Crippen LogP contribution in [0.1, 0.15) is 32.1 Å². The summed E-state index contributed by atoms with van der Waals surface area (Å²) in [5.41, 5.74) is -0.764. The fourth-order valence-corrected chi connectivity index (χ4v) is 2.82. The van der Waals surface area contributed by atoms with Crippen molar-refractivity contribution in [2.75, 3.05) is 32.8 Å². The Labute approximate surface area is 113 Å². The summed E-state index contributed by atoms with van der Waals surface area (Å²) in [7, 11) is 0. The second-order valence-corrected chi connectivity index (χ2v) is 5.40. The van der Waals surface area contributed by atoms with Crippen LogP contribution in [0.5, 0.6) is 0 Å². The standard InChI is InChI=1S/C13H22N2O4/c16-11(17)13(4-2-1-3-5-13)10-14-12(18)15-6-8-19-9-7-15/h1-10H2,(H,14,18)(H,16,17). The van der Waals surface area contributed by atoms with E-state index < -0.39 is 11.4 Å². The van der Waals surface area contributed by atoms with E-state index in [1.54, 1.807) is 4.90 Å². The van der Waals surface area contributed by atoms with E-state index in [2.05, 4.69) is 5.32 Å². The fraction of sp³-hybridized carbons (Fsp3) is 0.846. The van der Waals surface area contributed by atoms with Gasteiger partial charge in [0.2, 0.25) is 0 Å². The van der Waals surface area contributed by atoms with Crippen molar-refractivity contribution in [1.29, 1.82) is 0 Å². The Kier molecular flexibility index (Phi) is 4.63. The number of urea groups is 1. The first-order valence-electron chi connectivity index (χ1n) is 6.98. The van der Waals surface area contributed by atoms with Crippen molar-refractivity contribution in [2.24, 2.45) is 5.41 Å². The van der Waals surface area contributed by atoms with Gasteiger partial charge in [0.15, 0.2) is 0 Å². The van der Waals surface area contributed by atoms with Gasteiger partial charge < -0.3 is 20.1 Å². The average molecular weight is 270 g/mol. The Morgan fingerprint density at radius 2 is 1.79 bits per heavy atom. The molecule has 1 saturated heterocycles. The van der Waals surface area contributed by atoms with Gasteiger partial charge in [0.25, 0.3) is 0 Å². The van der Waals surface area contributed by atoms with Gasteiger partial charge in [-0.2, -0.15) is 0 Å². The van der Waals surface area contributed by atoms with Crippen molar-refractivity contribution in [3.8, 4) is 0 Å². The van der Waals surface area contributed by atoms with Gasteiger partial charge in [-0.3, -0.25) is 4.79 Å². The number of nitrogens with one attached hydrogen (secondary N) is 1. The Morgan fingerprint density at radius 3 is 2.37 bits per heavy atom. The molecule has 0 unspecified atom stereocenters. The minimum absolute atomic E-state index is 0.172. The van der Waals surface area contributed by atoms with E-state index in [9.17, 15) is 14.7 Å². The van der Waals surface area contributed by atoms with Crippen LogP contribution >= 0.6 is 0 Å².